The minimum absolute atomic E-state index is 0.135. The van der Waals surface area contributed by atoms with E-state index in [2.05, 4.69) is 9.97 Å². The largest absolute Gasteiger partial charge is 0.467 e. The average Bonchev–Trinajstić information content (AvgIpc) is 2.17. The molecule has 6 heteroatoms. The zero-order valence-electron chi connectivity index (χ0n) is 6.44. The predicted molar refractivity (Wildman–Crippen MR) is 40.2 cm³/mol. The Bertz CT molecular complexity index is 289. The van der Waals surface area contributed by atoms with Crippen LogP contribution in [0.3, 0.4) is 0 Å². The predicted octanol–water partition coefficient (Wildman–Crippen LogP) is -0.911. The molecule has 0 bridgehead atoms. The molecule has 0 radical (unpaired) electrons. The van der Waals surface area contributed by atoms with Gasteiger partial charge in [-0.2, -0.15) is 4.98 Å². The SMILES string of the molecule is COc1nccc(C(=O)NN)n1. The molecule has 0 aliphatic rings. The maximum atomic E-state index is 10.9. The topological polar surface area (TPSA) is 90.1 Å². The van der Waals surface area contributed by atoms with Gasteiger partial charge in [-0.15, -0.1) is 0 Å². The smallest absolute Gasteiger partial charge is 0.316 e. The average molecular weight is 168 g/mol. The van der Waals surface area contributed by atoms with Crippen molar-refractivity contribution < 1.29 is 9.53 Å². The first kappa shape index (κ1) is 8.41. The Kier molecular flexibility index (Phi) is 2.54. The highest BCUT2D eigenvalue weighted by atomic mass is 16.5. The van der Waals surface area contributed by atoms with Crippen LogP contribution >= 0.6 is 0 Å². The summed E-state index contributed by atoms with van der Waals surface area (Å²) in [4.78, 5) is 18.4. The van der Waals surface area contributed by atoms with Crippen LogP contribution in [0.4, 0.5) is 0 Å². The number of aromatic nitrogens is 2. The van der Waals surface area contributed by atoms with Gasteiger partial charge < -0.3 is 4.74 Å². The molecule has 1 amide bonds. The highest BCUT2D eigenvalue weighted by molar-refractivity contribution is 5.91. The lowest BCUT2D eigenvalue weighted by Gasteiger charge is -1.99. The van der Waals surface area contributed by atoms with Crippen LogP contribution in [-0.4, -0.2) is 23.0 Å². The second kappa shape index (κ2) is 3.63. The molecule has 3 N–H and O–H groups in total. The highest BCUT2D eigenvalue weighted by Crippen LogP contribution is 2.00. The molecule has 64 valence electrons. The molecule has 1 heterocycles. The third-order valence-electron chi connectivity index (χ3n) is 1.18. The minimum Gasteiger partial charge on any atom is -0.467 e. The maximum Gasteiger partial charge on any atom is 0.316 e. The fraction of sp³-hybridized carbons (Fsp3) is 0.167. The van der Waals surface area contributed by atoms with Gasteiger partial charge in [-0.25, -0.2) is 10.8 Å². The molecule has 0 spiro atoms. The van der Waals surface area contributed by atoms with Crippen molar-refractivity contribution >= 4 is 5.91 Å². The van der Waals surface area contributed by atoms with Crippen molar-refractivity contribution in [3.05, 3.63) is 18.0 Å². The summed E-state index contributed by atoms with van der Waals surface area (Å²) in [6, 6.07) is 1.57. The summed E-state index contributed by atoms with van der Waals surface area (Å²) in [5.74, 6) is 4.42. The first-order valence-electron chi connectivity index (χ1n) is 3.16. The first-order chi connectivity index (χ1) is 5.77. The molecular formula is C6H8N4O2. The lowest BCUT2D eigenvalue weighted by molar-refractivity contribution is 0.0947. The lowest BCUT2D eigenvalue weighted by atomic mass is 10.4. The number of hydrazine groups is 1. The van der Waals surface area contributed by atoms with Crippen LogP contribution in [-0.2, 0) is 0 Å². The van der Waals surface area contributed by atoms with E-state index >= 15 is 0 Å². The van der Waals surface area contributed by atoms with Crippen molar-refractivity contribution in [3.63, 3.8) is 0 Å². The number of hydrogen-bond donors (Lipinski definition) is 2. The molecule has 0 saturated heterocycles. The van der Waals surface area contributed by atoms with Crippen LogP contribution in [0.1, 0.15) is 10.5 Å². The van der Waals surface area contributed by atoms with Crippen LogP contribution in [0.15, 0.2) is 12.3 Å². The van der Waals surface area contributed by atoms with Gasteiger partial charge >= 0.3 is 6.01 Å². The summed E-state index contributed by atoms with van der Waals surface area (Å²) < 4.78 is 4.71. The monoisotopic (exact) mass is 168 g/mol. The van der Waals surface area contributed by atoms with Gasteiger partial charge in [-0.05, 0) is 6.07 Å². The Morgan fingerprint density at radius 3 is 3.08 bits per heavy atom. The van der Waals surface area contributed by atoms with E-state index in [0.29, 0.717) is 0 Å². The van der Waals surface area contributed by atoms with Gasteiger partial charge in [-0.3, -0.25) is 10.2 Å². The molecule has 1 aromatic rings. The van der Waals surface area contributed by atoms with E-state index in [-0.39, 0.29) is 11.7 Å². The Balaban J connectivity index is 2.93. The Morgan fingerprint density at radius 1 is 1.75 bits per heavy atom. The molecule has 0 saturated carbocycles. The van der Waals surface area contributed by atoms with Crippen LogP contribution < -0.4 is 16.0 Å². The number of carbonyl (C=O) groups is 1. The molecule has 12 heavy (non-hydrogen) atoms. The molecule has 0 atom stereocenters. The van der Waals surface area contributed by atoms with Crippen LogP contribution in [0.25, 0.3) is 0 Å². The first-order valence-corrected chi connectivity index (χ1v) is 3.16. The number of nitrogens with zero attached hydrogens (tertiary/aromatic N) is 2. The third kappa shape index (κ3) is 1.67. The number of rotatable bonds is 2. The molecular weight excluding hydrogens is 160 g/mol. The van der Waals surface area contributed by atoms with Crippen LogP contribution in [0.5, 0.6) is 6.01 Å². The normalized spacial score (nSPS) is 9.17. The van der Waals surface area contributed by atoms with Gasteiger partial charge in [0.25, 0.3) is 5.91 Å². The Hall–Kier alpha value is -1.69. The lowest BCUT2D eigenvalue weighted by Crippen LogP contribution is -2.30. The van der Waals surface area contributed by atoms with E-state index in [1.807, 2.05) is 5.43 Å². The summed E-state index contributed by atoms with van der Waals surface area (Å²) >= 11 is 0. The third-order valence-corrected chi connectivity index (χ3v) is 1.18. The Morgan fingerprint density at radius 2 is 2.50 bits per heavy atom. The van der Waals surface area contributed by atoms with E-state index in [1.165, 1.54) is 19.4 Å². The highest BCUT2D eigenvalue weighted by Gasteiger charge is 2.05. The molecule has 0 aliphatic carbocycles. The maximum absolute atomic E-state index is 10.9. The molecule has 0 unspecified atom stereocenters. The van der Waals surface area contributed by atoms with E-state index in [0.717, 1.165) is 0 Å². The number of hydrogen-bond acceptors (Lipinski definition) is 5. The number of nitrogens with two attached hydrogens (primary N) is 1. The molecule has 1 aromatic heterocycles. The number of nitrogens with one attached hydrogen (secondary N) is 1. The van der Waals surface area contributed by atoms with Gasteiger partial charge in [0.2, 0.25) is 0 Å². The van der Waals surface area contributed by atoms with Gasteiger partial charge in [0.05, 0.1) is 7.11 Å². The molecule has 0 aliphatic heterocycles. The number of ether oxygens (including phenoxy) is 1. The number of amides is 1. The van der Waals surface area contributed by atoms with Crippen molar-refractivity contribution in [2.75, 3.05) is 7.11 Å². The summed E-state index contributed by atoms with van der Waals surface area (Å²) in [5.41, 5.74) is 2.12. The van der Waals surface area contributed by atoms with Crippen molar-refractivity contribution in [2.24, 2.45) is 5.84 Å². The van der Waals surface area contributed by atoms with Gasteiger partial charge in [0.1, 0.15) is 5.69 Å². The quantitative estimate of drug-likeness (QED) is 0.339. The van der Waals surface area contributed by atoms with Gasteiger partial charge in [-0.1, -0.05) is 0 Å². The summed E-state index contributed by atoms with van der Waals surface area (Å²) in [5, 5.41) is 0. The van der Waals surface area contributed by atoms with E-state index in [1.54, 1.807) is 0 Å². The Labute approximate surface area is 68.7 Å². The fourth-order valence-electron chi connectivity index (χ4n) is 0.640. The summed E-state index contributed by atoms with van der Waals surface area (Å²) in [6.45, 7) is 0. The molecule has 0 fully saturated rings. The number of nitrogen functional groups attached to an aromatic ring is 1. The van der Waals surface area contributed by atoms with E-state index < -0.39 is 5.91 Å². The number of carbonyl (C=O) groups excluding carboxylic acids is 1. The van der Waals surface area contributed by atoms with Crippen LogP contribution in [0, 0.1) is 0 Å². The summed E-state index contributed by atoms with van der Waals surface area (Å²) in [6.07, 6.45) is 1.41. The van der Waals surface area contributed by atoms with E-state index in [4.69, 9.17) is 10.6 Å². The van der Waals surface area contributed by atoms with Gasteiger partial charge in [0, 0.05) is 6.20 Å². The van der Waals surface area contributed by atoms with Gasteiger partial charge in [0.15, 0.2) is 0 Å². The zero-order chi connectivity index (χ0) is 8.97. The molecule has 1 rings (SSSR count). The van der Waals surface area contributed by atoms with Crippen molar-refractivity contribution in [1.82, 2.24) is 15.4 Å². The van der Waals surface area contributed by atoms with Crippen LogP contribution in [0.2, 0.25) is 0 Å². The van der Waals surface area contributed by atoms with Crippen molar-refractivity contribution in [1.29, 1.82) is 0 Å². The summed E-state index contributed by atoms with van der Waals surface area (Å²) in [7, 11) is 1.42. The zero-order valence-corrected chi connectivity index (χ0v) is 6.44. The fourth-order valence-corrected chi connectivity index (χ4v) is 0.640. The second-order valence-electron chi connectivity index (χ2n) is 1.90. The minimum atomic E-state index is -0.476. The molecule has 0 aromatic carbocycles. The second-order valence-corrected chi connectivity index (χ2v) is 1.90. The molecule has 6 nitrogen and oxygen atoms in total. The van der Waals surface area contributed by atoms with E-state index in [9.17, 15) is 4.79 Å². The van der Waals surface area contributed by atoms with Crippen molar-refractivity contribution in [3.8, 4) is 6.01 Å². The number of methoxy groups -OCH3 is 1. The van der Waals surface area contributed by atoms with Crippen molar-refractivity contribution in [2.45, 2.75) is 0 Å². The standard InChI is InChI=1S/C6H8N4O2/c1-12-6-8-3-2-4(9-6)5(11)10-7/h2-3H,7H2,1H3,(H,10,11).